The van der Waals surface area contributed by atoms with E-state index in [4.69, 9.17) is 10.5 Å². The highest BCUT2D eigenvalue weighted by Crippen LogP contribution is 2.15. The number of rotatable bonds is 3. The van der Waals surface area contributed by atoms with Gasteiger partial charge in [0, 0.05) is 32.8 Å². The summed E-state index contributed by atoms with van der Waals surface area (Å²) in [5, 5.41) is 0. The van der Waals surface area contributed by atoms with Gasteiger partial charge in [0.05, 0.1) is 6.10 Å². The molecule has 18 heavy (non-hydrogen) atoms. The molecule has 0 aliphatic carbocycles. The monoisotopic (exact) mass is 252 g/mol. The van der Waals surface area contributed by atoms with Crippen molar-refractivity contribution in [2.45, 2.75) is 32.5 Å². The van der Waals surface area contributed by atoms with Crippen molar-refractivity contribution in [1.29, 1.82) is 0 Å². The average molecular weight is 252 g/mol. The quantitative estimate of drug-likeness (QED) is 0.893. The number of ether oxygens (including phenoxy) is 1. The van der Waals surface area contributed by atoms with Crippen LogP contribution in [0.25, 0.3) is 0 Å². The number of nitrogens with zero attached hydrogens (tertiary/aromatic N) is 1. The molecule has 2 N–H and O–H groups in total. The van der Waals surface area contributed by atoms with Crippen molar-refractivity contribution >= 4 is 0 Å². The third kappa shape index (κ3) is 3.51. The molecule has 2 rings (SSSR count). The molecule has 100 valence electrons. The molecule has 1 unspecified atom stereocenters. The van der Waals surface area contributed by atoms with Gasteiger partial charge < -0.3 is 10.5 Å². The molecule has 0 aromatic heterocycles. The molecule has 0 amide bonds. The molecule has 1 fully saturated rings. The van der Waals surface area contributed by atoms with Gasteiger partial charge in [-0.2, -0.15) is 0 Å². The lowest BCUT2D eigenvalue weighted by molar-refractivity contribution is 0.0667. The van der Waals surface area contributed by atoms with Gasteiger partial charge in [-0.25, -0.2) is 4.39 Å². The van der Waals surface area contributed by atoms with Gasteiger partial charge in [0.1, 0.15) is 5.82 Å². The highest BCUT2D eigenvalue weighted by atomic mass is 19.1. The van der Waals surface area contributed by atoms with Gasteiger partial charge in [-0.15, -0.1) is 0 Å². The first-order valence-corrected chi connectivity index (χ1v) is 6.50. The lowest BCUT2D eigenvalue weighted by Gasteiger charge is -2.23. The molecule has 0 saturated carbocycles. The van der Waals surface area contributed by atoms with E-state index in [9.17, 15) is 4.39 Å². The molecule has 1 aromatic rings. The first-order valence-electron chi connectivity index (χ1n) is 6.50. The zero-order chi connectivity index (χ0) is 13.0. The molecular formula is C14H21FN2O. The summed E-state index contributed by atoms with van der Waals surface area (Å²) in [6.45, 7) is 6.05. The van der Waals surface area contributed by atoms with Crippen LogP contribution < -0.4 is 5.73 Å². The number of halogens is 1. The lowest BCUT2D eigenvalue weighted by Crippen LogP contribution is -2.30. The van der Waals surface area contributed by atoms with Crippen LogP contribution in [0.2, 0.25) is 0 Å². The highest BCUT2D eigenvalue weighted by molar-refractivity contribution is 5.27. The van der Waals surface area contributed by atoms with Crippen LogP contribution >= 0.6 is 0 Å². The number of hydrogen-bond acceptors (Lipinski definition) is 3. The van der Waals surface area contributed by atoms with Crippen molar-refractivity contribution in [2.24, 2.45) is 5.73 Å². The Morgan fingerprint density at radius 3 is 3.06 bits per heavy atom. The molecular weight excluding hydrogens is 231 g/mol. The zero-order valence-corrected chi connectivity index (χ0v) is 10.9. The summed E-state index contributed by atoms with van der Waals surface area (Å²) in [7, 11) is 0. The Morgan fingerprint density at radius 2 is 2.28 bits per heavy atom. The molecule has 1 aliphatic rings. The fourth-order valence-electron chi connectivity index (χ4n) is 2.40. The van der Waals surface area contributed by atoms with Crippen molar-refractivity contribution in [1.82, 2.24) is 4.90 Å². The number of benzene rings is 1. The van der Waals surface area contributed by atoms with Gasteiger partial charge in [-0.05, 0) is 36.6 Å². The molecule has 4 heteroatoms. The van der Waals surface area contributed by atoms with E-state index in [-0.39, 0.29) is 11.9 Å². The summed E-state index contributed by atoms with van der Waals surface area (Å²) >= 11 is 0. The Kier molecular flexibility index (Phi) is 4.69. The topological polar surface area (TPSA) is 38.5 Å². The smallest absolute Gasteiger partial charge is 0.123 e. The first kappa shape index (κ1) is 13.5. The van der Waals surface area contributed by atoms with E-state index in [1.807, 2.05) is 6.07 Å². The van der Waals surface area contributed by atoms with E-state index >= 15 is 0 Å². The molecule has 0 radical (unpaired) electrons. The second-order valence-corrected chi connectivity index (χ2v) is 4.89. The van der Waals surface area contributed by atoms with Gasteiger partial charge in [0.25, 0.3) is 0 Å². The minimum atomic E-state index is -0.216. The average Bonchev–Trinajstić information content (AvgIpc) is 2.56. The molecule has 1 aromatic carbocycles. The van der Waals surface area contributed by atoms with Crippen LogP contribution in [0.5, 0.6) is 0 Å². The normalized spacial score (nSPS) is 21.8. The highest BCUT2D eigenvalue weighted by Gasteiger charge is 2.16. The second kappa shape index (κ2) is 6.27. The van der Waals surface area contributed by atoms with E-state index in [0.29, 0.717) is 6.54 Å². The summed E-state index contributed by atoms with van der Waals surface area (Å²) in [4.78, 5) is 2.35. The summed E-state index contributed by atoms with van der Waals surface area (Å²) < 4.78 is 18.8. The maximum absolute atomic E-state index is 13.2. The van der Waals surface area contributed by atoms with E-state index in [0.717, 1.165) is 43.8 Å². The van der Waals surface area contributed by atoms with E-state index < -0.39 is 0 Å². The minimum absolute atomic E-state index is 0.216. The van der Waals surface area contributed by atoms with Gasteiger partial charge >= 0.3 is 0 Å². The van der Waals surface area contributed by atoms with E-state index in [2.05, 4.69) is 11.8 Å². The zero-order valence-electron chi connectivity index (χ0n) is 10.9. The van der Waals surface area contributed by atoms with E-state index in [1.54, 1.807) is 0 Å². The molecule has 0 bridgehead atoms. The Bertz CT molecular complexity index is 397. The Hall–Kier alpha value is -0.970. The Morgan fingerprint density at radius 1 is 1.44 bits per heavy atom. The summed E-state index contributed by atoms with van der Waals surface area (Å²) in [6, 6.07) is 4.88. The maximum Gasteiger partial charge on any atom is 0.123 e. The predicted octanol–water partition coefficient (Wildman–Crippen LogP) is 1.90. The summed E-state index contributed by atoms with van der Waals surface area (Å²) in [5.74, 6) is -0.216. The molecule has 0 spiro atoms. The Labute approximate surface area is 108 Å². The van der Waals surface area contributed by atoms with Crippen molar-refractivity contribution in [3.05, 3.63) is 35.1 Å². The predicted molar refractivity (Wildman–Crippen MR) is 69.6 cm³/mol. The van der Waals surface area contributed by atoms with Crippen LogP contribution in [0.1, 0.15) is 24.5 Å². The van der Waals surface area contributed by atoms with E-state index in [1.165, 1.54) is 12.1 Å². The number of nitrogens with two attached hydrogens (primary N) is 1. The largest absolute Gasteiger partial charge is 0.377 e. The fourth-order valence-corrected chi connectivity index (χ4v) is 2.40. The van der Waals surface area contributed by atoms with Crippen LogP contribution in [-0.2, 0) is 17.8 Å². The van der Waals surface area contributed by atoms with Crippen LogP contribution in [0, 0.1) is 5.82 Å². The van der Waals surface area contributed by atoms with Crippen LogP contribution in [0.4, 0.5) is 4.39 Å². The van der Waals surface area contributed by atoms with Crippen molar-refractivity contribution in [3.8, 4) is 0 Å². The lowest BCUT2D eigenvalue weighted by atomic mass is 10.1. The van der Waals surface area contributed by atoms with Gasteiger partial charge in [0.2, 0.25) is 0 Å². The van der Waals surface area contributed by atoms with Crippen LogP contribution in [0.3, 0.4) is 0 Å². The third-order valence-corrected chi connectivity index (χ3v) is 3.32. The first-order chi connectivity index (χ1) is 8.69. The minimum Gasteiger partial charge on any atom is -0.377 e. The van der Waals surface area contributed by atoms with Gasteiger partial charge in [-0.3, -0.25) is 4.90 Å². The second-order valence-electron chi connectivity index (χ2n) is 4.89. The molecule has 1 heterocycles. The maximum atomic E-state index is 13.2. The third-order valence-electron chi connectivity index (χ3n) is 3.32. The van der Waals surface area contributed by atoms with Crippen molar-refractivity contribution in [3.63, 3.8) is 0 Å². The van der Waals surface area contributed by atoms with Crippen molar-refractivity contribution in [2.75, 3.05) is 19.7 Å². The number of hydrogen-bond donors (Lipinski definition) is 1. The van der Waals surface area contributed by atoms with Crippen LogP contribution in [0.15, 0.2) is 18.2 Å². The van der Waals surface area contributed by atoms with Crippen LogP contribution in [-0.4, -0.2) is 30.7 Å². The fraction of sp³-hybridized carbons (Fsp3) is 0.571. The van der Waals surface area contributed by atoms with Gasteiger partial charge in [-0.1, -0.05) is 6.07 Å². The molecule has 3 nitrogen and oxygen atoms in total. The summed E-state index contributed by atoms with van der Waals surface area (Å²) in [6.07, 6.45) is 1.30. The molecule has 1 aliphatic heterocycles. The summed E-state index contributed by atoms with van der Waals surface area (Å²) in [5.41, 5.74) is 7.69. The molecule has 1 saturated heterocycles. The molecule has 1 atom stereocenters. The Balaban J connectivity index is 2.07. The standard InChI is InChI=1S/C14H21FN2O/c1-11-9-17(5-2-6-18-11)10-12-3-4-14(15)7-13(12)8-16/h3-4,7,11H,2,5-6,8-10,16H2,1H3. The van der Waals surface area contributed by atoms with Gasteiger partial charge in [0.15, 0.2) is 0 Å². The SMILES string of the molecule is CC1CN(Cc2ccc(F)cc2CN)CCCO1. The van der Waals surface area contributed by atoms with Crippen molar-refractivity contribution < 1.29 is 9.13 Å².